The summed E-state index contributed by atoms with van der Waals surface area (Å²) in [6.07, 6.45) is -2.23. The van der Waals surface area contributed by atoms with Gasteiger partial charge in [0.15, 0.2) is 0 Å². The number of hydrogen-bond acceptors (Lipinski definition) is 6. The quantitative estimate of drug-likeness (QED) is 0.221. The van der Waals surface area contributed by atoms with E-state index in [1.54, 1.807) is 20.8 Å². The average Bonchev–Trinajstić information content (AvgIpc) is 3.32. The Hall–Kier alpha value is -3.33. The van der Waals surface area contributed by atoms with Gasteiger partial charge in [-0.1, -0.05) is 100 Å². The van der Waals surface area contributed by atoms with Crippen molar-refractivity contribution in [2.24, 2.45) is 28.1 Å². The van der Waals surface area contributed by atoms with Crippen LogP contribution in [0.2, 0.25) is 0 Å². The van der Waals surface area contributed by atoms with E-state index in [4.69, 9.17) is 0 Å². The van der Waals surface area contributed by atoms with Gasteiger partial charge in [0.25, 0.3) is 0 Å². The van der Waals surface area contributed by atoms with Crippen molar-refractivity contribution in [1.29, 1.82) is 0 Å². The third-order valence-electron chi connectivity index (χ3n) is 11.1. The van der Waals surface area contributed by atoms with Crippen molar-refractivity contribution in [2.45, 2.75) is 125 Å². The molecule has 15 heteroatoms. The molecule has 0 bridgehead atoms. The third-order valence-corrected chi connectivity index (χ3v) is 12.4. The number of carbonyl (C=O) groups is 4. The summed E-state index contributed by atoms with van der Waals surface area (Å²) >= 11 is 0. The maximum absolute atomic E-state index is 14.4. The molecular formula is C39H64F2N6O6S. The predicted octanol–water partition coefficient (Wildman–Crippen LogP) is 4.29. The lowest BCUT2D eigenvalue weighted by Gasteiger charge is -2.39. The van der Waals surface area contributed by atoms with Crippen LogP contribution < -0.4 is 21.3 Å². The van der Waals surface area contributed by atoms with E-state index < -0.39 is 81.6 Å². The minimum atomic E-state index is -3.54. The number of sulfonamides is 1. The lowest BCUT2D eigenvalue weighted by Crippen LogP contribution is -2.62. The van der Waals surface area contributed by atoms with E-state index in [1.807, 2.05) is 58.9 Å². The number of piperidine rings is 1. The minimum Gasteiger partial charge on any atom is -0.354 e. The van der Waals surface area contributed by atoms with E-state index in [-0.39, 0.29) is 42.3 Å². The Morgan fingerprint density at radius 3 is 1.98 bits per heavy atom. The van der Waals surface area contributed by atoms with Gasteiger partial charge in [-0.15, -0.1) is 0 Å². The normalized spacial score (nSPS) is 21.6. The smallest absolute Gasteiger partial charge is 0.315 e. The number of nitrogens with one attached hydrogen (secondary N) is 4. The van der Waals surface area contributed by atoms with E-state index in [0.717, 1.165) is 21.7 Å². The maximum atomic E-state index is 14.4. The molecule has 12 nitrogen and oxygen atoms in total. The molecule has 0 aromatic heterocycles. The molecule has 0 unspecified atom stereocenters. The summed E-state index contributed by atoms with van der Waals surface area (Å²) in [4.78, 5) is 56.6. The Bertz CT molecular complexity index is 1630. The van der Waals surface area contributed by atoms with Crippen molar-refractivity contribution in [2.75, 3.05) is 32.9 Å². The van der Waals surface area contributed by atoms with Crippen LogP contribution in [-0.4, -0.2) is 105 Å². The topological polar surface area (TPSA) is 157 Å². The van der Waals surface area contributed by atoms with E-state index in [9.17, 15) is 36.4 Å². The molecule has 4 N–H and O–H groups in total. The fraction of sp³-hybridized carbons (Fsp3) is 0.744. The van der Waals surface area contributed by atoms with Gasteiger partial charge >= 0.3 is 6.03 Å². The largest absolute Gasteiger partial charge is 0.354 e. The fourth-order valence-electron chi connectivity index (χ4n) is 7.18. The molecule has 1 aliphatic heterocycles. The van der Waals surface area contributed by atoms with Crippen LogP contribution in [0.5, 0.6) is 0 Å². The molecule has 6 atom stereocenters. The van der Waals surface area contributed by atoms with Gasteiger partial charge in [0.05, 0.1) is 6.26 Å². The van der Waals surface area contributed by atoms with E-state index in [2.05, 4.69) is 42.0 Å². The summed E-state index contributed by atoms with van der Waals surface area (Å²) in [5.74, 6) is -2.28. The second-order valence-electron chi connectivity index (χ2n) is 18.9. The number of urea groups is 1. The highest BCUT2D eigenvalue weighted by atomic mass is 32.2. The van der Waals surface area contributed by atoms with E-state index in [1.165, 1.54) is 11.9 Å². The van der Waals surface area contributed by atoms with E-state index >= 15 is 0 Å². The first-order valence-electron chi connectivity index (χ1n) is 18.7. The molecule has 0 radical (unpaired) electrons. The van der Waals surface area contributed by atoms with Crippen molar-refractivity contribution in [1.82, 2.24) is 30.5 Å². The Labute approximate surface area is 321 Å². The first-order valence-corrected chi connectivity index (χ1v) is 20.6. The Balaban J connectivity index is 1.78. The standard InChI is InChI=1S/C39H64F2N6O6S/c1-36(2,3)24-16-14-23(15-17-24)18-19-42-32(48)26(20-28(40)41)43-33(49)30-29-25(39(29,10)11)21-47(30)34(50)31(38(7,8)9)45-35(51)44-27(37(4,5)6)22-46(12)54(13,52)53/h14-17,25-31H,18-22H2,1-13H3,(H,42,48)(H,43,49)(H2,44,45,51)/t25-,26-,27+,29-,30-,31+/m0/s1. The fourth-order valence-corrected chi connectivity index (χ4v) is 7.60. The number of likely N-dealkylation sites (N-methyl/N-ethyl adjacent to an activating group) is 1. The van der Waals surface area contributed by atoms with Gasteiger partial charge in [0.2, 0.25) is 34.2 Å². The van der Waals surface area contributed by atoms with Gasteiger partial charge in [-0.25, -0.2) is 26.3 Å². The summed E-state index contributed by atoms with van der Waals surface area (Å²) in [5, 5.41) is 10.9. The second-order valence-corrected chi connectivity index (χ2v) is 21.0. The molecular weight excluding hydrogens is 719 g/mol. The van der Waals surface area contributed by atoms with Gasteiger partial charge in [-0.2, -0.15) is 0 Å². The van der Waals surface area contributed by atoms with Gasteiger partial charge in [-0.3, -0.25) is 14.4 Å². The van der Waals surface area contributed by atoms with Crippen LogP contribution in [0.15, 0.2) is 24.3 Å². The predicted molar refractivity (Wildman–Crippen MR) is 206 cm³/mol. The number of benzene rings is 1. The Kier molecular flexibility index (Phi) is 13.7. The summed E-state index contributed by atoms with van der Waals surface area (Å²) in [6, 6.07) is 2.98. The van der Waals surface area contributed by atoms with Crippen LogP contribution >= 0.6 is 0 Å². The molecule has 1 aromatic rings. The average molecular weight is 783 g/mol. The Morgan fingerprint density at radius 1 is 0.926 bits per heavy atom. The van der Waals surface area contributed by atoms with Crippen molar-refractivity contribution in [3.8, 4) is 0 Å². The minimum absolute atomic E-state index is 0.00536. The van der Waals surface area contributed by atoms with Crippen LogP contribution in [0, 0.1) is 28.1 Å². The molecule has 0 spiro atoms. The number of alkyl halides is 2. The highest BCUT2D eigenvalue weighted by Crippen LogP contribution is 2.65. The van der Waals surface area contributed by atoms with Gasteiger partial charge in [0.1, 0.15) is 18.1 Å². The molecule has 1 saturated carbocycles. The number of halogens is 2. The Morgan fingerprint density at radius 2 is 1.50 bits per heavy atom. The molecule has 1 heterocycles. The van der Waals surface area contributed by atoms with Crippen LogP contribution in [-0.2, 0) is 36.2 Å². The molecule has 306 valence electrons. The molecule has 1 aliphatic carbocycles. The lowest BCUT2D eigenvalue weighted by atomic mass is 9.85. The molecule has 1 saturated heterocycles. The number of amides is 5. The number of rotatable bonds is 14. The maximum Gasteiger partial charge on any atom is 0.315 e. The van der Waals surface area contributed by atoms with Crippen LogP contribution in [0.3, 0.4) is 0 Å². The first-order chi connectivity index (χ1) is 24.5. The van der Waals surface area contributed by atoms with Crippen molar-refractivity contribution in [3.63, 3.8) is 0 Å². The molecule has 5 amide bonds. The van der Waals surface area contributed by atoms with Gasteiger partial charge < -0.3 is 26.2 Å². The molecule has 54 heavy (non-hydrogen) atoms. The summed E-state index contributed by atoms with van der Waals surface area (Å²) in [7, 11) is -2.12. The zero-order valence-electron chi connectivity index (χ0n) is 34.4. The number of nitrogens with zero attached hydrogens (tertiary/aromatic N) is 2. The number of likely N-dealkylation sites (tertiary alicyclic amines) is 1. The second kappa shape index (κ2) is 16.4. The van der Waals surface area contributed by atoms with Crippen LogP contribution in [0.1, 0.15) is 93.7 Å². The van der Waals surface area contributed by atoms with Crippen molar-refractivity contribution >= 4 is 33.8 Å². The highest BCUT2D eigenvalue weighted by molar-refractivity contribution is 7.88. The van der Waals surface area contributed by atoms with E-state index in [0.29, 0.717) is 6.42 Å². The van der Waals surface area contributed by atoms with Gasteiger partial charge in [-0.05, 0) is 51.0 Å². The summed E-state index contributed by atoms with van der Waals surface area (Å²) < 4.78 is 53.0. The molecule has 1 aromatic carbocycles. The summed E-state index contributed by atoms with van der Waals surface area (Å²) in [5.41, 5.74) is 0.413. The van der Waals surface area contributed by atoms with Crippen molar-refractivity contribution < 1.29 is 36.4 Å². The monoisotopic (exact) mass is 782 g/mol. The van der Waals surface area contributed by atoms with Crippen molar-refractivity contribution in [3.05, 3.63) is 35.4 Å². The number of hydrogen-bond donors (Lipinski definition) is 4. The molecule has 3 rings (SSSR count). The van der Waals surface area contributed by atoms with Gasteiger partial charge in [0, 0.05) is 39.1 Å². The van der Waals surface area contributed by atoms with Crippen LogP contribution in [0.4, 0.5) is 13.6 Å². The zero-order valence-corrected chi connectivity index (χ0v) is 35.2. The third kappa shape index (κ3) is 11.4. The lowest BCUT2D eigenvalue weighted by molar-refractivity contribution is -0.144. The molecule has 2 aliphatic rings. The van der Waals surface area contributed by atoms with Crippen LogP contribution in [0.25, 0.3) is 0 Å². The zero-order chi connectivity index (χ0) is 41.4. The first kappa shape index (κ1) is 45.1. The number of fused-ring (bicyclic) bond motifs is 1. The SMILES string of the molecule is CN(C[C@@H](NC(=O)N[C@H](C(=O)N1C[C@H]2[C@@H]([C@H]1C(=O)N[C@@H](CC(F)F)C(=O)NCCc1ccc(C(C)(C)C)cc1)C2(C)C)C(C)(C)C)C(C)(C)C)S(C)(=O)=O. The highest BCUT2D eigenvalue weighted by Gasteiger charge is 2.70. The number of carbonyl (C=O) groups excluding carboxylic acids is 4. The molecule has 2 fully saturated rings. The summed E-state index contributed by atoms with van der Waals surface area (Å²) in [6.45, 7) is 21.6.